The van der Waals surface area contributed by atoms with E-state index in [1.807, 2.05) is 6.92 Å². The van der Waals surface area contributed by atoms with Gasteiger partial charge in [-0.2, -0.15) is 0 Å². The Morgan fingerprint density at radius 1 is 1.05 bits per heavy atom. The molecule has 0 amide bonds. The third-order valence-corrected chi connectivity index (χ3v) is 3.24. The van der Waals surface area contributed by atoms with Gasteiger partial charge in [-0.05, 0) is 6.42 Å². The zero-order chi connectivity index (χ0) is 14.5. The number of hydrogen-bond acceptors (Lipinski definition) is 4. The van der Waals surface area contributed by atoms with Crippen molar-refractivity contribution in [1.82, 2.24) is 0 Å². The van der Waals surface area contributed by atoms with Gasteiger partial charge in [-0.1, -0.05) is 46.0 Å². The van der Waals surface area contributed by atoms with Crippen LogP contribution in [-0.2, 0) is 19.0 Å². The minimum absolute atomic E-state index is 0.0262. The molecular formula is C15H30O4. The largest absolute Gasteiger partial charge is 0.463 e. The Hall–Kier alpha value is -0.610. The monoisotopic (exact) mass is 274 g/mol. The van der Waals surface area contributed by atoms with Crippen LogP contribution in [0.2, 0.25) is 0 Å². The predicted molar refractivity (Wildman–Crippen MR) is 76.2 cm³/mol. The van der Waals surface area contributed by atoms with Crippen LogP contribution in [0.1, 0.15) is 52.4 Å². The molecule has 0 saturated carbocycles. The van der Waals surface area contributed by atoms with Crippen LogP contribution in [0.25, 0.3) is 0 Å². The van der Waals surface area contributed by atoms with Gasteiger partial charge in [-0.3, -0.25) is 4.79 Å². The normalized spacial score (nSPS) is 14.1. The first-order valence-corrected chi connectivity index (χ1v) is 7.34. The fourth-order valence-corrected chi connectivity index (χ4v) is 1.86. The molecule has 0 saturated heterocycles. The summed E-state index contributed by atoms with van der Waals surface area (Å²) in [7, 11) is 3.20. The molecule has 19 heavy (non-hydrogen) atoms. The van der Waals surface area contributed by atoms with Crippen LogP contribution in [0, 0.1) is 5.92 Å². The summed E-state index contributed by atoms with van der Waals surface area (Å²) in [5, 5.41) is 0. The second-order valence-corrected chi connectivity index (χ2v) is 5.05. The Balaban J connectivity index is 3.68. The van der Waals surface area contributed by atoms with Crippen LogP contribution in [0.3, 0.4) is 0 Å². The second-order valence-electron chi connectivity index (χ2n) is 5.05. The summed E-state index contributed by atoms with van der Waals surface area (Å²) in [4.78, 5) is 11.8. The van der Waals surface area contributed by atoms with Gasteiger partial charge in [0, 0.05) is 14.2 Å². The van der Waals surface area contributed by atoms with E-state index in [0.29, 0.717) is 6.61 Å². The van der Waals surface area contributed by atoms with Crippen LogP contribution in [0.15, 0.2) is 0 Å². The number of ether oxygens (including phenoxy) is 3. The van der Waals surface area contributed by atoms with E-state index in [1.54, 1.807) is 14.2 Å². The molecule has 0 aromatic heterocycles. The van der Waals surface area contributed by atoms with Gasteiger partial charge in [-0.25, -0.2) is 0 Å². The van der Waals surface area contributed by atoms with E-state index in [9.17, 15) is 4.79 Å². The molecule has 0 spiro atoms. The molecule has 0 aromatic carbocycles. The van der Waals surface area contributed by atoms with Gasteiger partial charge in [0.25, 0.3) is 0 Å². The Bertz CT molecular complexity index is 218. The minimum Gasteiger partial charge on any atom is -0.463 e. The molecule has 0 rings (SSSR count). The third-order valence-electron chi connectivity index (χ3n) is 3.24. The third kappa shape index (κ3) is 9.91. The van der Waals surface area contributed by atoms with E-state index in [1.165, 1.54) is 25.7 Å². The number of hydrogen-bond donors (Lipinski definition) is 0. The number of methoxy groups -OCH3 is 2. The van der Waals surface area contributed by atoms with E-state index in [4.69, 9.17) is 14.2 Å². The molecule has 0 aliphatic rings. The summed E-state index contributed by atoms with van der Waals surface area (Å²) >= 11 is 0. The SMILES string of the molecule is CCCCCCCC(C)C(=O)OCC(COC)OC. The van der Waals surface area contributed by atoms with Crippen LogP contribution in [-0.4, -0.2) is 39.5 Å². The highest BCUT2D eigenvalue weighted by Gasteiger charge is 2.16. The molecule has 0 bridgehead atoms. The molecular weight excluding hydrogens is 244 g/mol. The molecule has 0 fully saturated rings. The number of unbranched alkanes of at least 4 members (excludes halogenated alkanes) is 4. The number of rotatable bonds is 12. The summed E-state index contributed by atoms with van der Waals surface area (Å²) in [6, 6.07) is 0. The first-order chi connectivity index (χ1) is 9.15. The predicted octanol–water partition coefficient (Wildman–Crippen LogP) is 3.19. The van der Waals surface area contributed by atoms with Crippen molar-refractivity contribution in [2.24, 2.45) is 5.92 Å². The van der Waals surface area contributed by atoms with Gasteiger partial charge in [0.05, 0.1) is 12.5 Å². The highest BCUT2D eigenvalue weighted by molar-refractivity contribution is 5.71. The van der Waals surface area contributed by atoms with Gasteiger partial charge >= 0.3 is 5.97 Å². The van der Waals surface area contributed by atoms with E-state index >= 15 is 0 Å². The molecule has 2 unspecified atom stereocenters. The lowest BCUT2D eigenvalue weighted by molar-refractivity contribution is -0.153. The Morgan fingerprint density at radius 2 is 1.74 bits per heavy atom. The molecule has 0 radical (unpaired) electrons. The van der Waals surface area contributed by atoms with Crippen LogP contribution in [0.5, 0.6) is 0 Å². The van der Waals surface area contributed by atoms with Crippen molar-refractivity contribution < 1.29 is 19.0 Å². The first kappa shape index (κ1) is 18.4. The van der Waals surface area contributed by atoms with E-state index in [0.717, 1.165) is 12.8 Å². The van der Waals surface area contributed by atoms with Crippen LogP contribution < -0.4 is 0 Å². The fourth-order valence-electron chi connectivity index (χ4n) is 1.86. The Kier molecular flexibility index (Phi) is 12.0. The average Bonchev–Trinajstić information content (AvgIpc) is 2.42. The fraction of sp³-hybridized carbons (Fsp3) is 0.933. The van der Waals surface area contributed by atoms with E-state index in [-0.39, 0.29) is 24.6 Å². The number of carbonyl (C=O) groups excluding carboxylic acids is 1. The smallest absolute Gasteiger partial charge is 0.308 e. The summed E-state index contributed by atoms with van der Waals surface area (Å²) < 4.78 is 15.4. The van der Waals surface area contributed by atoms with Gasteiger partial charge in [0.15, 0.2) is 0 Å². The highest BCUT2D eigenvalue weighted by atomic mass is 16.6. The zero-order valence-corrected chi connectivity index (χ0v) is 12.9. The van der Waals surface area contributed by atoms with Crippen LogP contribution >= 0.6 is 0 Å². The quantitative estimate of drug-likeness (QED) is 0.405. The molecule has 0 aromatic rings. The van der Waals surface area contributed by atoms with Crippen molar-refractivity contribution in [3.8, 4) is 0 Å². The van der Waals surface area contributed by atoms with Crippen molar-refractivity contribution >= 4 is 5.97 Å². The number of carbonyl (C=O) groups is 1. The molecule has 0 aliphatic heterocycles. The summed E-state index contributed by atoms with van der Waals surface area (Å²) in [5.74, 6) is -0.157. The topological polar surface area (TPSA) is 44.8 Å². The molecule has 0 heterocycles. The molecule has 4 heteroatoms. The van der Waals surface area contributed by atoms with E-state index in [2.05, 4.69) is 6.92 Å². The van der Waals surface area contributed by atoms with Gasteiger partial charge < -0.3 is 14.2 Å². The Morgan fingerprint density at radius 3 is 2.32 bits per heavy atom. The lowest BCUT2D eigenvalue weighted by Gasteiger charge is -2.16. The maximum absolute atomic E-state index is 11.8. The van der Waals surface area contributed by atoms with E-state index < -0.39 is 0 Å². The first-order valence-electron chi connectivity index (χ1n) is 7.34. The summed E-state index contributed by atoms with van der Waals surface area (Å²) in [5.41, 5.74) is 0. The maximum Gasteiger partial charge on any atom is 0.308 e. The molecule has 0 aliphatic carbocycles. The summed E-state index contributed by atoms with van der Waals surface area (Å²) in [6.45, 7) is 4.84. The minimum atomic E-state index is -0.175. The number of esters is 1. The lowest BCUT2D eigenvalue weighted by Crippen LogP contribution is -2.27. The van der Waals surface area contributed by atoms with Gasteiger partial charge in [-0.15, -0.1) is 0 Å². The molecule has 114 valence electrons. The standard InChI is InChI=1S/C15H30O4/c1-5-6-7-8-9-10-13(2)15(16)19-12-14(18-4)11-17-3/h13-14H,5-12H2,1-4H3. The second kappa shape index (κ2) is 12.4. The molecule has 2 atom stereocenters. The van der Waals surface area contributed by atoms with Gasteiger partial charge in [0.2, 0.25) is 0 Å². The van der Waals surface area contributed by atoms with Crippen LogP contribution in [0.4, 0.5) is 0 Å². The van der Waals surface area contributed by atoms with Crippen molar-refractivity contribution in [3.63, 3.8) is 0 Å². The molecule has 0 N–H and O–H groups in total. The van der Waals surface area contributed by atoms with Gasteiger partial charge in [0.1, 0.15) is 12.7 Å². The Labute approximate surface area is 117 Å². The highest BCUT2D eigenvalue weighted by Crippen LogP contribution is 2.13. The molecule has 4 nitrogen and oxygen atoms in total. The summed E-state index contributed by atoms with van der Waals surface area (Å²) in [6.07, 6.45) is 6.83. The van der Waals surface area contributed by atoms with Crippen molar-refractivity contribution in [2.75, 3.05) is 27.4 Å². The average molecular weight is 274 g/mol. The lowest BCUT2D eigenvalue weighted by atomic mass is 10.0. The van der Waals surface area contributed by atoms with Crippen molar-refractivity contribution in [1.29, 1.82) is 0 Å². The van der Waals surface area contributed by atoms with Crippen molar-refractivity contribution in [3.05, 3.63) is 0 Å². The maximum atomic E-state index is 11.8. The zero-order valence-electron chi connectivity index (χ0n) is 12.9. The van der Waals surface area contributed by atoms with Crippen molar-refractivity contribution in [2.45, 2.75) is 58.5 Å².